The Morgan fingerprint density at radius 3 is 1.42 bits per heavy atom. The second-order valence-corrected chi connectivity index (χ2v) is 34.0. The van der Waals surface area contributed by atoms with E-state index in [1.807, 2.05) is 0 Å². The first kappa shape index (κ1) is 20.0. The monoisotopic (exact) mass is 624 g/mol. The zero-order valence-electron chi connectivity index (χ0n) is 12.9. The Balaban J connectivity index is 1.74. The van der Waals surface area contributed by atoms with Gasteiger partial charge in [0.05, 0.1) is 0 Å². The van der Waals surface area contributed by atoms with E-state index in [1.165, 1.54) is 21.2 Å². The summed E-state index contributed by atoms with van der Waals surface area (Å²) in [5.41, 5.74) is 0. The van der Waals surface area contributed by atoms with Crippen LogP contribution >= 0.6 is 8.85 Å². The molecule has 1 fully saturated rings. The van der Waals surface area contributed by atoms with Gasteiger partial charge >= 0.3 is 172 Å². The molecular formula is C16H18O2P2Se4. The summed E-state index contributed by atoms with van der Waals surface area (Å²) in [5, 5.41) is 5.21. The van der Waals surface area contributed by atoms with Crippen LogP contribution in [0.25, 0.3) is 0 Å². The van der Waals surface area contributed by atoms with Gasteiger partial charge in [0.1, 0.15) is 0 Å². The fourth-order valence-corrected chi connectivity index (χ4v) is 26.8. The van der Waals surface area contributed by atoms with Crippen molar-refractivity contribution >= 4 is 78.7 Å². The van der Waals surface area contributed by atoms with Crippen molar-refractivity contribution in [3.05, 3.63) is 60.7 Å². The molecule has 0 N–H and O–H groups in total. The molecule has 2 unspecified atom stereocenters. The molecule has 2 aromatic carbocycles. The first-order chi connectivity index (χ1) is 11.6. The topological polar surface area (TPSA) is 18.5 Å². The van der Waals surface area contributed by atoms with Gasteiger partial charge in [0.15, 0.2) is 0 Å². The summed E-state index contributed by atoms with van der Waals surface area (Å²) in [4.78, 5) is 0. The van der Waals surface area contributed by atoms with Crippen LogP contribution in [0.5, 0.6) is 0 Å². The first-order valence-corrected chi connectivity index (χ1v) is 22.2. The van der Waals surface area contributed by atoms with E-state index >= 15 is 0 Å². The van der Waals surface area contributed by atoms with Gasteiger partial charge < -0.3 is 0 Å². The fourth-order valence-electron chi connectivity index (χ4n) is 2.22. The third-order valence-corrected chi connectivity index (χ3v) is 30.9. The summed E-state index contributed by atoms with van der Waals surface area (Å²) in [6.07, 6.45) is 0. The summed E-state index contributed by atoms with van der Waals surface area (Å²) in [5.74, 6) is 0. The van der Waals surface area contributed by atoms with Gasteiger partial charge in [0, 0.05) is 0 Å². The molecule has 1 heterocycles. The number of rotatable bonds is 2. The molecule has 0 spiro atoms. The van der Waals surface area contributed by atoms with Crippen LogP contribution in [0.2, 0.25) is 10.6 Å². The van der Waals surface area contributed by atoms with Crippen LogP contribution in [0.3, 0.4) is 0 Å². The molecule has 1 saturated heterocycles. The molecule has 1 aliphatic heterocycles. The van der Waals surface area contributed by atoms with E-state index in [-0.39, 0.29) is 0 Å². The third kappa shape index (κ3) is 5.18. The van der Waals surface area contributed by atoms with Crippen molar-refractivity contribution in [3.8, 4) is 0 Å². The maximum absolute atomic E-state index is 6.39. The molecule has 0 aliphatic carbocycles. The third-order valence-electron chi connectivity index (χ3n) is 3.36. The van der Waals surface area contributed by atoms with E-state index in [0.717, 1.165) is 0 Å². The average molecular weight is 620 g/mol. The van der Waals surface area contributed by atoms with E-state index in [4.69, 9.17) is 9.05 Å². The quantitative estimate of drug-likeness (QED) is 0.381. The Hall–Kier alpha value is 1.30. The summed E-state index contributed by atoms with van der Waals surface area (Å²) in [6, 6.07) is 21.4. The predicted octanol–water partition coefficient (Wildman–Crippen LogP) is 2.79. The van der Waals surface area contributed by atoms with Gasteiger partial charge in [0.2, 0.25) is 0 Å². The van der Waals surface area contributed by atoms with Gasteiger partial charge in [0.25, 0.3) is 0 Å². The van der Waals surface area contributed by atoms with Crippen LogP contribution in [0, 0.1) is 0 Å². The van der Waals surface area contributed by atoms with E-state index < -0.39 is 8.85 Å². The van der Waals surface area contributed by atoms with Gasteiger partial charge in [-0.1, -0.05) is 0 Å². The standard InChI is InChI=1S/C16H18O2P2Se4/c21-19(15-7-3-1-4-8-15)17-11-12-18-20(22,24-14-13-23-19)16-9-5-2-6-10-16/h1-10H,11-14H2. The molecule has 2 nitrogen and oxygen atoms in total. The molecule has 0 amide bonds. The molecular weight excluding hydrogens is 602 g/mol. The van der Waals surface area contributed by atoms with Crippen molar-refractivity contribution in [1.29, 1.82) is 0 Å². The Morgan fingerprint density at radius 1 is 0.667 bits per heavy atom. The van der Waals surface area contributed by atoms with Crippen LogP contribution in [0.15, 0.2) is 60.7 Å². The van der Waals surface area contributed by atoms with Crippen molar-refractivity contribution in [3.63, 3.8) is 0 Å². The van der Waals surface area contributed by atoms with Crippen molar-refractivity contribution < 1.29 is 9.05 Å². The molecule has 0 aromatic heterocycles. The number of hydrogen-bond donors (Lipinski definition) is 0. The molecule has 24 heavy (non-hydrogen) atoms. The minimum atomic E-state index is -1.58. The zero-order chi connectivity index (χ0) is 16.9. The molecule has 3 rings (SSSR count). The van der Waals surface area contributed by atoms with E-state index in [1.54, 1.807) is 0 Å². The average Bonchev–Trinajstić information content (AvgIpc) is 2.64. The van der Waals surface area contributed by atoms with Crippen LogP contribution in [-0.4, -0.2) is 72.4 Å². The number of hydrogen-bond acceptors (Lipinski definition) is 2. The Kier molecular flexibility index (Phi) is 7.92. The van der Waals surface area contributed by atoms with E-state index in [2.05, 4.69) is 90.9 Å². The fraction of sp³-hybridized carbons (Fsp3) is 0.250. The minimum absolute atomic E-state index is 0.481. The van der Waals surface area contributed by atoms with Crippen LogP contribution < -0.4 is 10.6 Å². The SMILES string of the molecule is [Se]=P1(c2ccccc2)OCCOP(=[Se])(c2ccccc2)[Se]CC[Se]1. The van der Waals surface area contributed by atoms with Gasteiger partial charge in [-0.25, -0.2) is 0 Å². The Morgan fingerprint density at radius 2 is 1.04 bits per heavy atom. The van der Waals surface area contributed by atoms with Crippen molar-refractivity contribution in [2.45, 2.75) is 10.6 Å². The zero-order valence-corrected chi connectivity index (χ0v) is 21.6. The number of benzene rings is 2. The summed E-state index contributed by atoms with van der Waals surface area (Å²) >= 11 is 7.86. The van der Waals surface area contributed by atoms with Gasteiger partial charge in [-0.3, -0.25) is 0 Å². The van der Waals surface area contributed by atoms with Gasteiger partial charge in [-0.05, 0) is 0 Å². The molecule has 0 bridgehead atoms. The molecule has 2 atom stereocenters. The summed E-state index contributed by atoms with van der Waals surface area (Å²) in [6.45, 7) is 1.34. The second-order valence-electron chi connectivity index (χ2n) is 5.00. The molecule has 0 radical (unpaired) electrons. The molecule has 2 aromatic rings. The van der Waals surface area contributed by atoms with Gasteiger partial charge in [-0.15, -0.1) is 0 Å². The van der Waals surface area contributed by atoms with Crippen LogP contribution in [0.1, 0.15) is 0 Å². The van der Waals surface area contributed by atoms with E-state index in [0.29, 0.717) is 42.2 Å². The normalized spacial score (nSPS) is 29.0. The maximum atomic E-state index is 6.39. The Bertz CT molecular complexity index is 670. The molecule has 128 valence electrons. The molecule has 8 heteroatoms. The molecule has 0 saturated carbocycles. The Labute approximate surface area is 171 Å². The van der Waals surface area contributed by atoms with Crippen molar-refractivity contribution in [2.75, 3.05) is 13.2 Å². The second kappa shape index (κ2) is 9.48. The van der Waals surface area contributed by atoms with Crippen LogP contribution in [0.4, 0.5) is 0 Å². The molecule has 1 aliphatic rings. The van der Waals surface area contributed by atoms with Crippen molar-refractivity contribution in [2.24, 2.45) is 0 Å². The van der Waals surface area contributed by atoms with Gasteiger partial charge in [-0.2, -0.15) is 0 Å². The summed E-state index contributed by atoms with van der Waals surface area (Å²) in [7, 11) is 0. The van der Waals surface area contributed by atoms with E-state index in [9.17, 15) is 0 Å². The first-order valence-electron chi connectivity index (χ1n) is 7.52. The predicted molar refractivity (Wildman–Crippen MR) is 111 cm³/mol. The van der Waals surface area contributed by atoms with Crippen molar-refractivity contribution in [1.82, 2.24) is 0 Å². The summed E-state index contributed by atoms with van der Waals surface area (Å²) < 4.78 is 9.62. The van der Waals surface area contributed by atoms with Crippen LogP contribution in [-0.2, 0) is 9.05 Å².